The van der Waals surface area contributed by atoms with Crippen LogP contribution in [-0.2, 0) is 9.78 Å². The van der Waals surface area contributed by atoms with Crippen molar-refractivity contribution >= 4 is 11.8 Å². The molecule has 2 aliphatic heterocycles. The third-order valence-corrected chi connectivity index (χ3v) is 3.76. The van der Waals surface area contributed by atoms with E-state index in [0.717, 1.165) is 12.2 Å². The van der Waals surface area contributed by atoms with Crippen LogP contribution in [0.25, 0.3) is 0 Å². The van der Waals surface area contributed by atoms with E-state index < -0.39 is 0 Å². The third kappa shape index (κ3) is 0.552. The molecule has 52 valence electrons. The summed E-state index contributed by atoms with van der Waals surface area (Å²) < 4.78 is 0. The molecule has 0 aromatic carbocycles. The van der Waals surface area contributed by atoms with Gasteiger partial charge >= 0.3 is 0 Å². The lowest BCUT2D eigenvalue weighted by molar-refractivity contribution is -0.512. The lowest BCUT2D eigenvalue weighted by Gasteiger charge is -2.47. The molecule has 0 aromatic heterocycles. The van der Waals surface area contributed by atoms with Gasteiger partial charge in [-0.15, -0.1) is 11.8 Å². The lowest BCUT2D eigenvalue weighted by Crippen LogP contribution is -2.57. The Hall–Kier alpha value is 0.270. The zero-order chi connectivity index (χ0) is 6.54. The minimum atomic E-state index is -0.0347. The molecule has 2 atom stereocenters. The Labute approximate surface area is 58.8 Å². The molecule has 0 aromatic rings. The zero-order valence-corrected chi connectivity index (χ0v) is 6.46. The topological polar surface area (TPSA) is 18.5 Å². The molecular weight excluding hydrogens is 136 g/mol. The molecule has 0 radical (unpaired) electrons. The molecule has 2 nitrogen and oxygen atoms in total. The summed E-state index contributed by atoms with van der Waals surface area (Å²) in [5.41, 5.74) is 0.0116. The van der Waals surface area contributed by atoms with Gasteiger partial charge in [-0.2, -0.15) is 0 Å². The minimum absolute atomic E-state index is 0.0116. The van der Waals surface area contributed by atoms with E-state index in [1.165, 1.54) is 0 Å². The van der Waals surface area contributed by atoms with E-state index in [1.807, 2.05) is 11.8 Å². The van der Waals surface area contributed by atoms with Gasteiger partial charge in [0.15, 0.2) is 4.93 Å². The number of hydrogen-bond donors (Lipinski definition) is 0. The van der Waals surface area contributed by atoms with E-state index in [1.54, 1.807) is 0 Å². The van der Waals surface area contributed by atoms with Crippen LogP contribution in [0, 0.1) is 0 Å². The molecular formula is C6H10O2S. The predicted octanol–water partition coefficient (Wildman–Crippen LogP) is 1.56. The molecule has 2 heterocycles. The standard InChI is InChI=1S/C6H10O2S/c1-5-3-4-9-6(5,2)8-7-5/h3-4H2,1-2H3/t5-,6+/m1/s1. The van der Waals surface area contributed by atoms with Crippen LogP contribution in [0.4, 0.5) is 0 Å². The van der Waals surface area contributed by atoms with Crippen molar-refractivity contribution in [1.82, 2.24) is 0 Å². The van der Waals surface area contributed by atoms with Crippen molar-refractivity contribution in [1.29, 1.82) is 0 Å². The summed E-state index contributed by atoms with van der Waals surface area (Å²) in [4.78, 5) is 10.00. The van der Waals surface area contributed by atoms with Gasteiger partial charge in [0.05, 0.1) is 0 Å². The van der Waals surface area contributed by atoms with Crippen molar-refractivity contribution < 1.29 is 9.78 Å². The summed E-state index contributed by atoms with van der Waals surface area (Å²) in [6.45, 7) is 4.20. The summed E-state index contributed by atoms with van der Waals surface area (Å²) in [7, 11) is 0. The zero-order valence-electron chi connectivity index (χ0n) is 5.64. The van der Waals surface area contributed by atoms with Crippen molar-refractivity contribution in [3.8, 4) is 0 Å². The molecule has 3 heteroatoms. The first-order valence-electron chi connectivity index (χ1n) is 3.17. The highest BCUT2D eigenvalue weighted by molar-refractivity contribution is 8.00. The monoisotopic (exact) mass is 146 g/mol. The number of thioether (sulfide) groups is 1. The Morgan fingerprint density at radius 2 is 2.11 bits per heavy atom. The molecule has 0 bridgehead atoms. The number of fused-ring (bicyclic) bond motifs is 1. The number of rotatable bonds is 0. The fraction of sp³-hybridized carbons (Fsp3) is 1.00. The molecule has 0 aliphatic carbocycles. The molecule has 0 N–H and O–H groups in total. The van der Waals surface area contributed by atoms with Gasteiger partial charge in [-0.1, -0.05) is 0 Å². The van der Waals surface area contributed by atoms with Crippen LogP contribution in [0.3, 0.4) is 0 Å². The maximum Gasteiger partial charge on any atom is 0.178 e. The van der Waals surface area contributed by atoms with Gasteiger partial charge in [-0.05, 0) is 26.0 Å². The van der Waals surface area contributed by atoms with Gasteiger partial charge in [0, 0.05) is 0 Å². The highest BCUT2D eigenvalue weighted by atomic mass is 32.2. The Morgan fingerprint density at radius 1 is 1.33 bits per heavy atom. The molecule has 0 unspecified atom stereocenters. The van der Waals surface area contributed by atoms with Gasteiger partial charge in [-0.3, -0.25) is 0 Å². The van der Waals surface area contributed by atoms with Crippen LogP contribution in [-0.4, -0.2) is 16.3 Å². The highest BCUT2D eigenvalue weighted by Gasteiger charge is 2.61. The van der Waals surface area contributed by atoms with Crippen LogP contribution < -0.4 is 0 Å². The molecule has 9 heavy (non-hydrogen) atoms. The quantitative estimate of drug-likeness (QED) is 0.483. The maximum absolute atomic E-state index is 5.02. The second kappa shape index (κ2) is 1.47. The van der Waals surface area contributed by atoms with Gasteiger partial charge in [-0.25, -0.2) is 9.78 Å². The van der Waals surface area contributed by atoms with E-state index in [-0.39, 0.29) is 10.5 Å². The third-order valence-electron chi connectivity index (χ3n) is 2.30. The predicted molar refractivity (Wildman–Crippen MR) is 36.1 cm³/mol. The van der Waals surface area contributed by atoms with Crippen molar-refractivity contribution in [3.05, 3.63) is 0 Å². The molecule has 2 saturated heterocycles. The van der Waals surface area contributed by atoms with Crippen molar-refractivity contribution in [3.63, 3.8) is 0 Å². The Balaban J connectivity index is 2.26. The smallest absolute Gasteiger partial charge is 0.178 e. The van der Waals surface area contributed by atoms with E-state index >= 15 is 0 Å². The highest BCUT2D eigenvalue weighted by Crippen LogP contribution is 2.55. The van der Waals surface area contributed by atoms with E-state index in [4.69, 9.17) is 9.78 Å². The van der Waals surface area contributed by atoms with Crippen LogP contribution >= 0.6 is 11.8 Å². The largest absolute Gasteiger partial charge is 0.225 e. The van der Waals surface area contributed by atoms with Crippen LogP contribution in [0.1, 0.15) is 20.3 Å². The summed E-state index contributed by atoms with van der Waals surface area (Å²) in [5.74, 6) is 1.16. The molecule has 0 spiro atoms. The Kier molecular flexibility index (Phi) is 0.979. The molecule has 2 rings (SSSR count). The molecule has 0 amide bonds. The van der Waals surface area contributed by atoms with Crippen LogP contribution in [0.2, 0.25) is 0 Å². The van der Waals surface area contributed by atoms with Gasteiger partial charge in [0.2, 0.25) is 0 Å². The number of hydrogen-bond acceptors (Lipinski definition) is 3. The van der Waals surface area contributed by atoms with Gasteiger partial charge < -0.3 is 0 Å². The normalized spacial score (nSPS) is 56.7. The summed E-state index contributed by atoms with van der Waals surface area (Å²) in [6, 6.07) is 0. The SMILES string of the molecule is C[C@@]12CCS[C@]1(C)OO2. The van der Waals surface area contributed by atoms with Crippen molar-refractivity contribution in [2.75, 3.05) is 5.75 Å². The first-order valence-corrected chi connectivity index (χ1v) is 4.16. The summed E-state index contributed by atoms with van der Waals surface area (Å²) >= 11 is 1.85. The second-order valence-corrected chi connectivity index (χ2v) is 4.42. The first kappa shape index (κ1) is 6.01. The Bertz CT molecular complexity index is 134. The summed E-state index contributed by atoms with van der Waals surface area (Å²) in [5, 5.41) is 0. The molecule has 2 aliphatic rings. The first-order chi connectivity index (χ1) is 4.16. The Morgan fingerprint density at radius 3 is 2.33 bits per heavy atom. The summed E-state index contributed by atoms with van der Waals surface area (Å²) in [6.07, 6.45) is 1.12. The van der Waals surface area contributed by atoms with Gasteiger partial charge in [0.1, 0.15) is 5.60 Å². The van der Waals surface area contributed by atoms with E-state index in [9.17, 15) is 0 Å². The molecule has 0 saturated carbocycles. The van der Waals surface area contributed by atoms with Crippen LogP contribution in [0.15, 0.2) is 0 Å². The fourth-order valence-electron chi connectivity index (χ4n) is 1.19. The molecule has 2 fully saturated rings. The average Bonchev–Trinajstić information content (AvgIpc) is 1.98. The second-order valence-electron chi connectivity index (χ2n) is 2.94. The van der Waals surface area contributed by atoms with E-state index in [2.05, 4.69) is 13.8 Å². The minimum Gasteiger partial charge on any atom is -0.225 e. The van der Waals surface area contributed by atoms with E-state index in [0.29, 0.717) is 0 Å². The van der Waals surface area contributed by atoms with Gasteiger partial charge in [0.25, 0.3) is 0 Å². The van der Waals surface area contributed by atoms with Crippen molar-refractivity contribution in [2.45, 2.75) is 30.8 Å². The maximum atomic E-state index is 5.02. The lowest BCUT2D eigenvalue weighted by atomic mass is 9.96. The van der Waals surface area contributed by atoms with Crippen molar-refractivity contribution in [2.24, 2.45) is 0 Å². The fourth-order valence-corrected chi connectivity index (χ4v) is 2.59. The average molecular weight is 146 g/mol. The van der Waals surface area contributed by atoms with Crippen LogP contribution in [0.5, 0.6) is 0 Å².